The fourth-order valence-corrected chi connectivity index (χ4v) is 2.62. The predicted octanol–water partition coefficient (Wildman–Crippen LogP) is 2.36. The normalized spacial score (nSPS) is 25.6. The van der Waals surface area contributed by atoms with Crippen LogP contribution in [0.25, 0.3) is 0 Å². The number of non-ortho nitro benzene ring substituents is 1. The summed E-state index contributed by atoms with van der Waals surface area (Å²) in [6.07, 6.45) is 0.759. The van der Waals surface area contributed by atoms with Crippen LogP contribution in [0, 0.1) is 21.3 Å². The molecule has 0 radical (unpaired) electrons. The Balaban J connectivity index is 2.52. The first-order chi connectivity index (χ1) is 7.84. The smallest absolute Gasteiger partial charge is 0.269 e. The Hall–Kier alpha value is -1.49. The predicted molar refractivity (Wildman–Crippen MR) is 62.2 cm³/mol. The molecule has 1 aromatic rings. The number of hydrogen-bond acceptors (Lipinski definition) is 3. The van der Waals surface area contributed by atoms with Crippen LogP contribution in [0.5, 0.6) is 0 Å². The van der Waals surface area contributed by atoms with Crippen molar-refractivity contribution in [2.24, 2.45) is 11.1 Å². The van der Waals surface area contributed by atoms with Crippen molar-refractivity contribution in [3.05, 3.63) is 39.7 Å². The van der Waals surface area contributed by atoms with Crippen LogP contribution in [0.1, 0.15) is 25.8 Å². The molecule has 0 amide bonds. The molecule has 2 rings (SSSR count). The van der Waals surface area contributed by atoms with Crippen molar-refractivity contribution < 1.29 is 9.31 Å². The molecule has 0 spiro atoms. The molecule has 0 bridgehead atoms. The van der Waals surface area contributed by atoms with E-state index in [1.54, 1.807) is 0 Å². The number of nitro benzene ring substituents is 1. The molecule has 17 heavy (non-hydrogen) atoms. The lowest BCUT2D eigenvalue weighted by Gasteiger charge is -2.19. The van der Waals surface area contributed by atoms with Crippen LogP contribution in [0.3, 0.4) is 0 Å². The largest absolute Gasteiger partial charge is 0.330 e. The van der Waals surface area contributed by atoms with Crippen LogP contribution in [0.2, 0.25) is 0 Å². The van der Waals surface area contributed by atoms with E-state index in [0.717, 1.165) is 12.5 Å². The Labute approximate surface area is 98.8 Å². The van der Waals surface area contributed by atoms with Crippen molar-refractivity contribution in [2.75, 3.05) is 6.54 Å². The SMILES string of the molecule is CC1(C)CC1(CN)c1cc([N+](=O)[O-])ccc1F. The van der Waals surface area contributed by atoms with Gasteiger partial charge in [-0.3, -0.25) is 10.1 Å². The second kappa shape index (κ2) is 3.50. The van der Waals surface area contributed by atoms with Gasteiger partial charge in [0.1, 0.15) is 5.82 Å². The molecule has 4 nitrogen and oxygen atoms in total. The molecule has 0 aromatic heterocycles. The molecule has 1 aromatic carbocycles. The van der Waals surface area contributed by atoms with E-state index in [2.05, 4.69) is 0 Å². The molecule has 1 aliphatic rings. The maximum atomic E-state index is 13.8. The van der Waals surface area contributed by atoms with Crippen LogP contribution in [-0.4, -0.2) is 11.5 Å². The summed E-state index contributed by atoms with van der Waals surface area (Å²) in [6.45, 7) is 4.30. The van der Waals surface area contributed by atoms with Gasteiger partial charge in [0.15, 0.2) is 0 Å². The molecular formula is C12H15FN2O2. The fraction of sp³-hybridized carbons (Fsp3) is 0.500. The van der Waals surface area contributed by atoms with Gasteiger partial charge < -0.3 is 5.73 Å². The van der Waals surface area contributed by atoms with Gasteiger partial charge in [0.2, 0.25) is 0 Å². The minimum Gasteiger partial charge on any atom is -0.330 e. The summed E-state index contributed by atoms with van der Waals surface area (Å²) >= 11 is 0. The van der Waals surface area contributed by atoms with Crippen LogP contribution >= 0.6 is 0 Å². The Morgan fingerprint density at radius 1 is 1.53 bits per heavy atom. The summed E-state index contributed by atoms with van der Waals surface area (Å²) in [5.74, 6) is -0.411. The summed E-state index contributed by atoms with van der Waals surface area (Å²) in [4.78, 5) is 10.2. The van der Waals surface area contributed by atoms with Crippen molar-refractivity contribution in [2.45, 2.75) is 25.7 Å². The van der Waals surface area contributed by atoms with Gasteiger partial charge in [-0.25, -0.2) is 4.39 Å². The molecule has 1 saturated carbocycles. The lowest BCUT2D eigenvalue weighted by Crippen LogP contribution is -2.26. The fourth-order valence-electron chi connectivity index (χ4n) is 2.62. The highest BCUT2D eigenvalue weighted by atomic mass is 19.1. The van der Waals surface area contributed by atoms with Crippen molar-refractivity contribution in [3.63, 3.8) is 0 Å². The van der Waals surface area contributed by atoms with E-state index in [4.69, 9.17) is 5.73 Å². The van der Waals surface area contributed by atoms with Gasteiger partial charge in [-0.15, -0.1) is 0 Å². The first-order valence-electron chi connectivity index (χ1n) is 5.48. The lowest BCUT2D eigenvalue weighted by atomic mass is 9.87. The van der Waals surface area contributed by atoms with Crippen LogP contribution in [-0.2, 0) is 5.41 Å². The van der Waals surface area contributed by atoms with E-state index in [-0.39, 0.29) is 11.1 Å². The van der Waals surface area contributed by atoms with E-state index in [1.807, 2.05) is 13.8 Å². The third-order valence-electron chi connectivity index (χ3n) is 3.94. The van der Waals surface area contributed by atoms with E-state index in [1.165, 1.54) is 12.1 Å². The number of benzene rings is 1. The summed E-state index contributed by atoms with van der Waals surface area (Å²) < 4.78 is 13.8. The number of halogens is 1. The Morgan fingerprint density at radius 3 is 2.53 bits per heavy atom. The summed E-state index contributed by atoms with van der Waals surface area (Å²) in [5, 5.41) is 10.7. The minimum atomic E-state index is -0.511. The molecular weight excluding hydrogens is 223 g/mol. The van der Waals surface area contributed by atoms with Crippen molar-refractivity contribution >= 4 is 5.69 Å². The topological polar surface area (TPSA) is 69.2 Å². The maximum Gasteiger partial charge on any atom is 0.269 e. The second-order valence-corrected chi connectivity index (χ2v) is 5.27. The summed E-state index contributed by atoms with van der Waals surface area (Å²) in [5.41, 5.74) is 5.47. The highest BCUT2D eigenvalue weighted by Crippen LogP contribution is 2.64. The molecule has 5 heteroatoms. The maximum absolute atomic E-state index is 13.8. The average molecular weight is 238 g/mol. The number of hydrogen-bond donors (Lipinski definition) is 1. The summed E-state index contributed by atoms with van der Waals surface area (Å²) in [7, 11) is 0. The number of nitro groups is 1. The zero-order valence-electron chi connectivity index (χ0n) is 9.87. The third kappa shape index (κ3) is 1.61. The summed E-state index contributed by atoms with van der Waals surface area (Å²) in [6, 6.07) is 3.65. The number of nitrogens with two attached hydrogens (primary N) is 1. The zero-order valence-corrected chi connectivity index (χ0v) is 9.87. The van der Waals surface area contributed by atoms with Gasteiger partial charge in [-0.05, 0) is 17.9 Å². The van der Waals surface area contributed by atoms with Crippen molar-refractivity contribution in [1.82, 2.24) is 0 Å². The van der Waals surface area contributed by atoms with Gasteiger partial charge in [-0.2, -0.15) is 0 Å². The molecule has 0 saturated heterocycles. The van der Waals surface area contributed by atoms with Crippen molar-refractivity contribution in [1.29, 1.82) is 0 Å². The highest BCUT2D eigenvalue weighted by Gasteiger charge is 2.62. The monoisotopic (exact) mass is 238 g/mol. The van der Waals surface area contributed by atoms with E-state index in [9.17, 15) is 14.5 Å². The number of nitrogens with zero attached hydrogens (tertiary/aromatic N) is 1. The van der Waals surface area contributed by atoms with Gasteiger partial charge >= 0.3 is 0 Å². The quantitative estimate of drug-likeness (QED) is 0.649. The van der Waals surface area contributed by atoms with E-state index >= 15 is 0 Å². The Bertz CT molecular complexity index is 487. The number of rotatable bonds is 3. The molecule has 0 heterocycles. The molecule has 0 aliphatic heterocycles. The highest BCUT2D eigenvalue weighted by molar-refractivity contribution is 5.45. The van der Waals surface area contributed by atoms with Gasteiger partial charge in [-0.1, -0.05) is 13.8 Å². The Kier molecular flexibility index (Phi) is 2.47. The van der Waals surface area contributed by atoms with Crippen molar-refractivity contribution in [3.8, 4) is 0 Å². The van der Waals surface area contributed by atoms with Gasteiger partial charge in [0, 0.05) is 29.7 Å². The molecule has 1 aliphatic carbocycles. The first-order valence-corrected chi connectivity index (χ1v) is 5.48. The standard InChI is InChI=1S/C12H15FN2O2/c1-11(2)6-12(11,7-14)9-5-8(15(16)17)3-4-10(9)13/h3-5H,6-7,14H2,1-2H3. The molecule has 2 N–H and O–H groups in total. The minimum absolute atomic E-state index is 0.0862. The second-order valence-electron chi connectivity index (χ2n) is 5.27. The van der Waals surface area contributed by atoms with E-state index in [0.29, 0.717) is 12.1 Å². The van der Waals surface area contributed by atoms with Gasteiger partial charge in [0.05, 0.1) is 4.92 Å². The average Bonchev–Trinajstić information content (AvgIpc) is 2.82. The molecule has 1 fully saturated rings. The first kappa shape index (κ1) is 12.0. The Morgan fingerprint density at radius 2 is 2.12 bits per heavy atom. The molecule has 92 valence electrons. The van der Waals surface area contributed by atoms with Crippen LogP contribution in [0.15, 0.2) is 18.2 Å². The lowest BCUT2D eigenvalue weighted by molar-refractivity contribution is -0.385. The zero-order chi connectivity index (χ0) is 12.8. The van der Waals surface area contributed by atoms with Crippen LogP contribution in [0.4, 0.5) is 10.1 Å². The van der Waals surface area contributed by atoms with Gasteiger partial charge in [0.25, 0.3) is 5.69 Å². The molecule has 1 atom stereocenters. The molecule has 1 unspecified atom stereocenters. The third-order valence-corrected chi connectivity index (χ3v) is 3.94. The van der Waals surface area contributed by atoms with E-state index < -0.39 is 16.2 Å². The van der Waals surface area contributed by atoms with Crippen LogP contribution < -0.4 is 5.73 Å².